The average molecular weight is 172 g/mol. The van der Waals surface area contributed by atoms with Gasteiger partial charge in [0.25, 0.3) is 6.43 Å². The molecule has 0 bridgehead atoms. The third-order valence-corrected chi connectivity index (χ3v) is 0.371. The summed E-state index contributed by atoms with van der Waals surface area (Å²) in [4.78, 5) is 8.56. The number of hydrogen-bond acceptors (Lipinski definition) is 1. The van der Waals surface area contributed by atoms with Gasteiger partial charge in [-0.2, -0.15) is 0 Å². The van der Waals surface area contributed by atoms with Gasteiger partial charge in [0.1, 0.15) is 6.67 Å². The third-order valence-electron chi connectivity index (χ3n) is 0.371. The number of allylic oxidation sites excluding steroid dienone is 2. The summed E-state index contributed by atoms with van der Waals surface area (Å²) < 4.78 is 32.9. The van der Waals surface area contributed by atoms with Gasteiger partial charge in [0, 0.05) is 0 Å². The van der Waals surface area contributed by atoms with Crippen LogP contribution in [0.1, 0.15) is 0 Å². The van der Waals surface area contributed by atoms with Crippen molar-refractivity contribution < 1.29 is 28.2 Å². The molecule has 0 saturated heterocycles. The van der Waals surface area contributed by atoms with E-state index in [0.717, 1.165) is 6.08 Å². The fourth-order valence-electron chi connectivity index (χ4n) is 0.154. The number of alkyl halides is 3. The molecule has 0 saturated carbocycles. The quantitative estimate of drug-likeness (QED) is 0.626. The zero-order valence-corrected chi connectivity index (χ0v) is 5.38. The predicted molar refractivity (Wildman–Crippen MR) is 31.8 cm³/mol. The van der Waals surface area contributed by atoms with Crippen LogP contribution < -0.4 is 0 Å². The first kappa shape index (κ1) is 12.5. The average Bonchev–Trinajstić information content (AvgIpc) is 1.82. The first-order valence-electron chi connectivity index (χ1n) is 2.43. The molecule has 0 spiro atoms. The van der Waals surface area contributed by atoms with Crippen LogP contribution in [0.15, 0.2) is 12.2 Å². The summed E-state index contributed by atoms with van der Waals surface area (Å²) in [5.74, 6) is 0. The van der Waals surface area contributed by atoms with Crippen molar-refractivity contribution in [2.45, 2.75) is 6.43 Å². The predicted octanol–water partition coefficient (Wildman–Crippen LogP) is 2.00. The Bertz CT molecular complexity index is 120. The van der Waals surface area contributed by atoms with Gasteiger partial charge in [-0.3, -0.25) is 0 Å². The first-order chi connectivity index (χ1) is 5.00. The lowest BCUT2D eigenvalue weighted by atomic mass is 10.5. The number of carboxylic acid groups (broad SMARTS) is 2. The molecular weight excluding hydrogens is 165 g/mol. The van der Waals surface area contributed by atoms with Crippen LogP contribution in [0.5, 0.6) is 0 Å². The van der Waals surface area contributed by atoms with E-state index >= 15 is 0 Å². The Hall–Kier alpha value is -1.20. The maximum atomic E-state index is 11.0. The van der Waals surface area contributed by atoms with Gasteiger partial charge < -0.3 is 10.2 Å². The topological polar surface area (TPSA) is 57.5 Å². The molecule has 0 aromatic carbocycles. The highest BCUT2D eigenvalue weighted by Crippen LogP contribution is 1.92. The van der Waals surface area contributed by atoms with Crippen LogP contribution in [0, 0.1) is 0 Å². The second kappa shape index (κ2) is 8.80. The van der Waals surface area contributed by atoms with Crippen molar-refractivity contribution in [1.29, 1.82) is 0 Å². The third kappa shape index (κ3) is 51.9. The van der Waals surface area contributed by atoms with Gasteiger partial charge in [0.2, 0.25) is 0 Å². The highest BCUT2D eigenvalue weighted by atomic mass is 19.3. The molecule has 0 heterocycles. The summed E-state index contributed by atoms with van der Waals surface area (Å²) in [7, 11) is 0. The Morgan fingerprint density at radius 2 is 1.82 bits per heavy atom. The molecule has 0 aliphatic heterocycles. The van der Waals surface area contributed by atoms with Gasteiger partial charge in [-0.15, -0.1) is 0 Å². The highest BCUT2D eigenvalue weighted by Gasteiger charge is 1.89. The Kier molecular flexibility index (Phi) is 9.98. The van der Waals surface area contributed by atoms with Gasteiger partial charge in [-0.25, -0.2) is 18.0 Å². The van der Waals surface area contributed by atoms with E-state index in [2.05, 4.69) is 0 Å². The molecule has 6 heteroatoms. The molecule has 0 aliphatic rings. The standard InChI is InChI=1S/C4H5F3.CH2O3/c5-3-1-2-4(6)7;2-1(3)4/h1-2,4H,3H2;(H2,2,3,4). The second-order valence-electron chi connectivity index (χ2n) is 1.20. The van der Waals surface area contributed by atoms with Crippen LogP contribution in [-0.2, 0) is 0 Å². The molecule has 0 radical (unpaired) electrons. The van der Waals surface area contributed by atoms with Crippen LogP contribution in [0.3, 0.4) is 0 Å². The minimum absolute atomic E-state index is 0.514. The molecule has 0 rings (SSSR count). The van der Waals surface area contributed by atoms with E-state index in [-0.39, 0.29) is 0 Å². The molecule has 3 nitrogen and oxygen atoms in total. The minimum Gasteiger partial charge on any atom is -0.450 e. The van der Waals surface area contributed by atoms with Crippen molar-refractivity contribution in [3.63, 3.8) is 0 Å². The van der Waals surface area contributed by atoms with Crippen LogP contribution >= 0.6 is 0 Å². The number of rotatable bonds is 2. The van der Waals surface area contributed by atoms with Gasteiger partial charge in [0.05, 0.1) is 0 Å². The normalized spacial score (nSPS) is 9.45. The Balaban J connectivity index is 0. The van der Waals surface area contributed by atoms with Gasteiger partial charge in [-0.05, 0) is 6.08 Å². The van der Waals surface area contributed by atoms with Crippen LogP contribution in [0.4, 0.5) is 18.0 Å². The van der Waals surface area contributed by atoms with Gasteiger partial charge in [-0.1, -0.05) is 6.08 Å². The van der Waals surface area contributed by atoms with Crippen molar-refractivity contribution in [3.8, 4) is 0 Å². The molecule has 0 aliphatic carbocycles. The SMILES string of the molecule is FCC=CC(F)F.O=C(O)O. The molecule has 0 aromatic heterocycles. The summed E-state index contributed by atoms with van der Waals surface area (Å²) in [5, 5.41) is 13.9. The molecule has 0 unspecified atom stereocenters. The molecule has 2 N–H and O–H groups in total. The van der Waals surface area contributed by atoms with Crippen molar-refractivity contribution in [3.05, 3.63) is 12.2 Å². The lowest BCUT2D eigenvalue weighted by Gasteiger charge is -1.80. The summed E-state index contributed by atoms with van der Waals surface area (Å²) in [6.07, 6.45) is -3.05. The van der Waals surface area contributed by atoms with Crippen molar-refractivity contribution in [1.82, 2.24) is 0 Å². The Morgan fingerprint density at radius 1 is 1.45 bits per heavy atom. The molecular formula is C5H7F3O3. The molecule has 0 atom stereocenters. The first-order valence-corrected chi connectivity index (χ1v) is 2.43. The van der Waals surface area contributed by atoms with Crippen molar-refractivity contribution >= 4 is 6.16 Å². The number of halogens is 3. The minimum atomic E-state index is -2.52. The maximum absolute atomic E-state index is 11.0. The van der Waals surface area contributed by atoms with Crippen LogP contribution in [0.2, 0.25) is 0 Å². The fraction of sp³-hybridized carbons (Fsp3) is 0.400. The fourth-order valence-corrected chi connectivity index (χ4v) is 0.154. The van der Waals surface area contributed by atoms with Crippen LogP contribution in [-0.4, -0.2) is 29.5 Å². The van der Waals surface area contributed by atoms with Crippen molar-refractivity contribution in [2.75, 3.05) is 6.67 Å². The lowest BCUT2D eigenvalue weighted by molar-refractivity contribution is 0.137. The van der Waals surface area contributed by atoms with E-state index in [1.165, 1.54) is 0 Å². The molecule has 0 fully saturated rings. The smallest absolute Gasteiger partial charge is 0.450 e. The van der Waals surface area contributed by atoms with E-state index in [1.807, 2.05) is 0 Å². The number of hydrogen-bond donors (Lipinski definition) is 2. The van der Waals surface area contributed by atoms with E-state index < -0.39 is 19.3 Å². The zero-order valence-electron chi connectivity index (χ0n) is 5.38. The van der Waals surface area contributed by atoms with Gasteiger partial charge in [0.15, 0.2) is 0 Å². The largest absolute Gasteiger partial charge is 0.503 e. The van der Waals surface area contributed by atoms with Gasteiger partial charge >= 0.3 is 6.16 Å². The van der Waals surface area contributed by atoms with E-state index in [4.69, 9.17) is 15.0 Å². The van der Waals surface area contributed by atoms with Crippen molar-refractivity contribution in [2.24, 2.45) is 0 Å². The summed E-state index contributed by atoms with van der Waals surface area (Å²) in [6, 6.07) is 0. The molecule has 0 amide bonds. The summed E-state index contributed by atoms with van der Waals surface area (Å²) in [5.41, 5.74) is 0. The van der Waals surface area contributed by atoms with E-state index in [0.29, 0.717) is 6.08 Å². The maximum Gasteiger partial charge on any atom is 0.503 e. The Morgan fingerprint density at radius 3 is 1.91 bits per heavy atom. The molecule has 0 aromatic rings. The highest BCUT2D eigenvalue weighted by molar-refractivity contribution is 5.53. The molecule has 66 valence electrons. The molecule has 11 heavy (non-hydrogen) atoms. The van der Waals surface area contributed by atoms with Crippen LogP contribution in [0.25, 0.3) is 0 Å². The number of carbonyl (C=O) groups is 1. The van der Waals surface area contributed by atoms with E-state index in [1.54, 1.807) is 0 Å². The second-order valence-corrected chi connectivity index (χ2v) is 1.20. The Labute approximate surface area is 60.8 Å². The summed E-state index contributed by atoms with van der Waals surface area (Å²) in [6.45, 7) is -0.815. The zero-order chi connectivity index (χ0) is 9.28. The summed E-state index contributed by atoms with van der Waals surface area (Å²) >= 11 is 0. The lowest BCUT2D eigenvalue weighted by Crippen LogP contribution is -1.81. The van der Waals surface area contributed by atoms with E-state index in [9.17, 15) is 13.2 Å². The monoisotopic (exact) mass is 172 g/mol.